The van der Waals surface area contributed by atoms with Crippen molar-refractivity contribution < 1.29 is 8.42 Å². The summed E-state index contributed by atoms with van der Waals surface area (Å²) in [5.41, 5.74) is 0.979. The zero-order valence-corrected chi connectivity index (χ0v) is 12.5. The van der Waals surface area contributed by atoms with Crippen molar-refractivity contribution in [2.75, 3.05) is 6.54 Å². The van der Waals surface area contributed by atoms with Gasteiger partial charge in [-0.3, -0.25) is 9.71 Å². The van der Waals surface area contributed by atoms with Crippen LogP contribution in [-0.2, 0) is 10.0 Å². The molecule has 0 saturated heterocycles. The predicted octanol–water partition coefficient (Wildman–Crippen LogP) is 2.70. The van der Waals surface area contributed by atoms with Crippen LogP contribution >= 0.6 is 0 Å². The predicted molar refractivity (Wildman–Crippen MR) is 79.4 cm³/mol. The highest BCUT2D eigenvalue weighted by atomic mass is 32.2. The number of amidine groups is 1. The first-order chi connectivity index (χ1) is 9.56. The largest absolute Gasteiger partial charge is 0.267 e. The summed E-state index contributed by atoms with van der Waals surface area (Å²) in [6.07, 6.45) is 6.05. The minimum absolute atomic E-state index is 0.274. The van der Waals surface area contributed by atoms with Crippen molar-refractivity contribution in [3.8, 4) is 0 Å². The molecule has 1 saturated carbocycles. The maximum Gasteiger partial charge on any atom is 0.263 e. The van der Waals surface area contributed by atoms with E-state index < -0.39 is 10.0 Å². The number of fused-ring (bicyclic) bond motifs is 1. The van der Waals surface area contributed by atoms with Gasteiger partial charge in [-0.25, -0.2) is 8.42 Å². The van der Waals surface area contributed by atoms with E-state index >= 15 is 0 Å². The van der Waals surface area contributed by atoms with E-state index in [4.69, 9.17) is 0 Å². The van der Waals surface area contributed by atoms with Crippen molar-refractivity contribution >= 4 is 15.9 Å². The summed E-state index contributed by atoms with van der Waals surface area (Å²) >= 11 is 0. The van der Waals surface area contributed by atoms with Crippen molar-refractivity contribution in [2.45, 2.75) is 43.9 Å². The van der Waals surface area contributed by atoms with Gasteiger partial charge < -0.3 is 0 Å². The van der Waals surface area contributed by atoms with Crippen molar-refractivity contribution in [2.24, 2.45) is 10.4 Å². The molecule has 1 aliphatic heterocycles. The lowest BCUT2D eigenvalue weighted by Crippen LogP contribution is -2.25. The molecule has 0 amide bonds. The van der Waals surface area contributed by atoms with E-state index in [1.165, 1.54) is 25.7 Å². The second-order valence-corrected chi connectivity index (χ2v) is 7.48. The van der Waals surface area contributed by atoms with Gasteiger partial charge in [0.2, 0.25) is 0 Å². The molecule has 0 atom stereocenters. The highest BCUT2D eigenvalue weighted by Crippen LogP contribution is 2.41. The fourth-order valence-corrected chi connectivity index (χ4v) is 4.50. The molecule has 1 N–H and O–H groups in total. The Morgan fingerprint density at radius 3 is 2.65 bits per heavy atom. The molecular weight excluding hydrogens is 272 g/mol. The van der Waals surface area contributed by atoms with Crippen molar-refractivity contribution in [3.05, 3.63) is 29.8 Å². The zero-order chi connectivity index (χ0) is 14.2. The van der Waals surface area contributed by atoms with E-state index in [9.17, 15) is 8.42 Å². The molecule has 1 aromatic carbocycles. The minimum atomic E-state index is -3.41. The van der Waals surface area contributed by atoms with Gasteiger partial charge in [0, 0.05) is 12.1 Å². The van der Waals surface area contributed by atoms with Crippen LogP contribution in [0.4, 0.5) is 0 Å². The molecule has 2 aliphatic rings. The molecule has 108 valence electrons. The van der Waals surface area contributed by atoms with Gasteiger partial charge in [0.15, 0.2) is 0 Å². The lowest BCUT2D eigenvalue weighted by atomic mass is 9.83. The summed E-state index contributed by atoms with van der Waals surface area (Å²) in [4.78, 5) is 4.95. The molecule has 1 fully saturated rings. The molecular formula is C15H20N2O2S. The Hall–Kier alpha value is -1.36. The molecule has 0 spiro atoms. The average molecular weight is 292 g/mol. The number of aliphatic imine (C=N–C) groups is 1. The van der Waals surface area contributed by atoms with E-state index in [1.54, 1.807) is 12.1 Å². The fraction of sp³-hybridized carbons (Fsp3) is 0.533. The van der Waals surface area contributed by atoms with E-state index in [2.05, 4.69) is 16.6 Å². The minimum Gasteiger partial charge on any atom is -0.267 e. The number of benzene rings is 1. The number of rotatable bonds is 3. The Bertz CT molecular complexity index is 644. The Balaban J connectivity index is 1.91. The third kappa shape index (κ3) is 2.24. The first kappa shape index (κ1) is 13.6. The zero-order valence-electron chi connectivity index (χ0n) is 11.7. The maximum absolute atomic E-state index is 12.0. The van der Waals surface area contributed by atoms with Crippen LogP contribution in [0.25, 0.3) is 0 Å². The number of hydrogen-bond donors (Lipinski definition) is 1. The highest BCUT2D eigenvalue weighted by molar-refractivity contribution is 7.90. The monoisotopic (exact) mass is 292 g/mol. The van der Waals surface area contributed by atoms with Crippen molar-refractivity contribution in [1.82, 2.24) is 4.72 Å². The van der Waals surface area contributed by atoms with Crippen molar-refractivity contribution in [3.63, 3.8) is 0 Å². The summed E-state index contributed by atoms with van der Waals surface area (Å²) in [6.45, 7) is 2.92. The summed E-state index contributed by atoms with van der Waals surface area (Å²) in [5, 5.41) is 0. The average Bonchev–Trinajstić information content (AvgIpc) is 3.01. The van der Waals surface area contributed by atoms with Crippen LogP contribution in [0.5, 0.6) is 0 Å². The molecule has 3 rings (SSSR count). The Morgan fingerprint density at radius 1 is 1.25 bits per heavy atom. The molecule has 0 aromatic heterocycles. The van der Waals surface area contributed by atoms with E-state index in [-0.39, 0.29) is 5.41 Å². The first-order valence-electron chi connectivity index (χ1n) is 7.23. The molecule has 1 aromatic rings. The van der Waals surface area contributed by atoms with Gasteiger partial charge in [-0.05, 0) is 36.8 Å². The summed E-state index contributed by atoms with van der Waals surface area (Å²) in [5.74, 6) is 0.514. The van der Waals surface area contributed by atoms with E-state index in [0.717, 1.165) is 13.0 Å². The Kier molecular flexibility index (Phi) is 3.32. The Morgan fingerprint density at radius 2 is 1.95 bits per heavy atom. The van der Waals surface area contributed by atoms with Crippen LogP contribution < -0.4 is 4.72 Å². The first-order valence-corrected chi connectivity index (χ1v) is 8.71. The van der Waals surface area contributed by atoms with Crippen LogP contribution in [0.1, 0.15) is 44.6 Å². The van der Waals surface area contributed by atoms with Crippen LogP contribution in [-0.4, -0.2) is 20.8 Å². The van der Waals surface area contributed by atoms with Gasteiger partial charge in [-0.2, -0.15) is 0 Å². The number of nitrogens with one attached hydrogen (secondary N) is 1. The smallest absolute Gasteiger partial charge is 0.263 e. The topological polar surface area (TPSA) is 58.5 Å². The van der Waals surface area contributed by atoms with Gasteiger partial charge >= 0.3 is 0 Å². The molecule has 4 nitrogen and oxygen atoms in total. The van der Waals surface area contributed by atoms with Crippen LogP contribution in [0, 0.1) is 5.41 Å². The number of nitrogens with zero attached hydrogens (tertiary/aromatic N) is 1. The molecule has 5 heteroatoms. The highest BCUT2D eigenvalue weighted by Gasteiger charge is 2.34. The number of sulfonamides is 1. The molecule has 0 unspecified atom stereocenters. The number of hydrogen-bond acceptors (Lipinski definition) is 3. The Labute approximate surface area is 120 Å². The molecule has 0 radical (unpaired) electrons. The second-order valence-electron chi connectivity index (χ2n) is 5.83. The van der Waals surface area contributed by atoms with E-state index in [0.29, 0.717) is 16.3 Å². The second kappa shape index (κ2) is 4.88. The van der Waals surface area contributed by atoms with Gasteiger partial charge in [-0.15, -0.1) is 0 Å². The van der Waals surface area contributed by atoms with E-state index in [1.807, 2.05) is 12.1 Å². The maximum atomic E-state index is 12.0. The quantitative estimate of drug-likeness (QED) is 0.931. The van der Waals surface area contributed by atoms with Gasteiger partial charge in [0.05, 0.1) is 4.90 Å². The lowest BCUT2D eigenvalue weighted by molar-refractivity contribution is 0.297. The summed E-state index contributed by atoms with van der Waals surface area (Å²) < 4.78 is 26.6. The molecule has 20 heavy (non-hydrogen) atoms. The summed E-state index contributed by atoms with van der Waals surface area (Å²) in [7, 11) is -3.41. The van der Waals surface area contributed by atoms with Crippen LogP contribution in [0.15, 0.2) is 34.2 Å². The lowest BCUT2D eigenvalue weighted by Gasteiger charge is -2.25. The third-order valence-electron chi connectivity index (χ3n) is 4.65. The summed E-state index contributed by atoms with van der Waals surface area (Å²) in [6, 6.07) is 7.04. The SMILES string of the molecule is CCC1(CN=C2NS(=O)(=O)c3ccccc32)CCCC1. The van der Waals surface area contributed by atoms with Gasteiger partial charge in [0.1, 0.15) is 5.84 Å². The standard InChI is InChI=1S/C15H20N2O2S/c1-2-15(9-5-6-10-15)11-16-14-12-7-3-4-8-13(12)20(18,19)17-14/h3-4,7-8H,2,5-6,9-11H2,1H3,(H,16,17). The fourth-order valence-electron chi connectivity index (χ4n) is 3.25. The van der Waals surface area contributed by atoms with Crippen LogP contribution in [0.2, 0.25) is 0 Å². The van der Waals surface area contributed by atoms with Crippen LogP contribution in [0.3, 0.4) is 0 Å². The van der Waals surface area contributed by atoms with Gasteiger partial charge in [-0.1, -0.05) is 31.9 Å². The van der Waals surface area contributed by atoms with Gasteiger partial charge in [0.25, 0.3) is 10.0 Å². The normalized spacial score (nSPS) is 24.6. The van der Waals surface area contributed by atoms with Crippen molar-refractivity contribution in [1.29, 1.82) is 0 Å². The molecule has 1 heterocycles. The third-order valence-corrected chi connectivity index (χ3v) is 6.05. The molecule has 1 aliphatic carbocycles. The molecule has 0 bridgehead atoms.